The number of anilines is 1. The van der Waals surface area contributed by atoms with Gasteiger partial charge < -0.3 is 19.5 Å². The van der Waals surface area contributed by atoms with E-state index in [9.17, 15) is 18.7 Å². The highest BCUT2D eigenvalue weighted by Gasteiger charge is 2.36. The third-order valence-corrected chi connectivity index (χ3v) is 9.35. The number of rotatable bonds is 9. The second kappa shape index (κ2) is 13.5. The molecule has 0 unspecified atom stereocenters. The van der Waals surface area contributed by atoms with Gasteiger partial charge in [0.15, 0.2) is 17.7 Å². The van der Waals surface area contributed by atoms with E-state index >= 15 is 0 Å². The molecule has 9 heteroatoms. The Morgan fingerprint density at radius 1 is 1.02 bits per heavy atom. The van der Waals surface area contributed by atoms with E-state index in [0.717, 1.165) is 66.5 Å². The summed E-state index contributed by atoms with van der Waals surface area (Å²) in [5.41, 5.74) is 7.24. The van der Waals surface area contributed by atoms with Gasteiger partial charge in [-0.1, -0.05) is 32.0 Å². The number of nitrogens with zero attached hydrogens (tertiary/aromatic N) is 3. The number of fused-ring (bicyclic) bond motifs is 1. The smallest absolute Gasteiger partial charge is 0.337 e. The largest absolute Gasteiger partial charge is 0.491 e. The molecule has 7 nitrogen and oxygen atoms in total. The minimum atomic E-state index is -1.17. The fourth-order valence-corrected chi connectivity index (χ4v) is 6.86. The number of aliphatic carboxylic acids is 1. The number of hydrogen-bond acceptors (Lipinski definition) is 6. The summed E-state index contributed by atoms with van der Waals surface area (Å²) in [6.07, 6.45) is 1.57. The first-order valence-corrected chi connectivity index (χ1v) is 16.7. The molecule has 1 aromatic heterocycles. The van der Waals surface area contributed by atoms with Gasteiger partial charge in [-0.05, 0) is 89.0 Å². The van der Waals surface area contributed by atoms with Crippen LogP contribution in [0.2, 0.25) is 0 Å². The molecule has 3 heterocycles. The molecular formula is C38H49F2N3O4. The van der Waals surface area contributed by atoms with Gasteiger partial charge in [-0.25, -0.2) is 13.6 Å². The number of carbonyl (C=O) groups is 1. The lowest BCUT2D eigenvalue weighted by molar-refractivity contribution is -0.160. The molecule has 1 saturated heterocycles. The Labute approximate surface area is 277 Å². The van der Waals surface area contributed by atoms with E-state index in [2.05, 4.69) is 41.8 Å². The van der Waals surface area contributed by atoms with Crippen molar-refractivity contribution in [1.82, 2.24) is 9.88 Å². The van der Waals surface area contributed by atoms with Crippen molar-refractivity contribution in [3.8, 4) is 16.9 Å². The van der Waals surface area contributed by atoms with Gasteiger partial charge in [0.1, 0.15) is 5.82 Å². The summed E-state index contributed by atoms with van der Waals surface area (Å²) in [4.78, 5) is 22.2. The van der Waals surface area contributed by atoms with Crippen LogP contribution in [-0.4, -0.2) is 52.8 Å². The molecule has 1 fully saturated rings. The van der Waals surface area contributed by atoms with Gasteiger partial charge in [-0.2, -0.15) is 0 Å². The normalized spacial score (nSPS) is 17.4. The molecule has 0 spiro atoms. The summed E-state index contributed by atoms with van der Waals surface area (Å²) >= 11 is 0. The molecule has 0 bridgehead atoms. The third-order valence-electron chi connectivity index (χ3n) is 9.35. The van der Waals surface area contributed by atoms with Gasteiger partial charge in [0, 0.05) is 66.9 Å². The highest BCUT2D eigenvalue weighted by molar-refractivity contribution is 5.88. The summed E-state index contributed by atoms with van der Waals surface area (Å²) in [5.74, 6) is -2.23. The van der Waals surface area contributed by atoms with E-state index in [-0.39, 0.29) is 11.2 Å². The predicted molar refractivity (Wildman–Crippen MR) is 181 cm³/mol. The number of carboxylic acid groups (broad SMARTS) is 1. The Morgan fingerprint density at radius 3 is 2.36 bits per heavy atom. The van der Waals surface area contributed by atoms with Gasteiger partial charge in [0.2, 0.25) is 0 Å². The number of benzene rings is 2. The lowest BCUT2D eigenvalue weighted by Crippen LogP contribution is -2.39. The summed E-state index contributed by atoms with van der Waals surface area (Å²) in [6.45, 7) is 19.4. The number of pyridine rings is 1. The number of hydrogen-bond donors (Lipinski definition) is 1. The van der Waals surface area contributed by atoms with E-state index in [1.807, 2.05) is 34.6 Å². The zero-order valence-electron chi connectivity index (χ0n) is 29.1. The molecule has 3 aromatic rings. The fourth-order valence-electron chi connectivity index (χ4n) is 6.86. The summed E-state index contributed by atoms with van der Waals surface area (Å²) in [7, 11) is 0. The number of ether oxygens (including phenoxy) is 2. The molecule has 1 N–H and O–H groups in total. The lowest BCUT2D eigenvalue weighted by Gasteiger charge is -2.41. The first kappa shape index (κ1) is 34.8. The topological polar surface area (TPSA) is 75.1 Å². The fraction of sp³-hybridized carbons (Fsp3) is 0.526. The Kier molecular flexibility index (Phi) is 10.00. The first-order chi connectivity index (χ1) is 22.1. The number of carboxylic acids is 1. The van der Waals surface area contributed by atoms with Crippen LogP contribution < -0.4 is 9.64 Å². The monoisotopic (exact) mass is 649 g/mol. The number of piperidine rings is 1. The minimum absolute atomic E-state index is 0.0681. The standard InChI is InChI=1S/C38H49F2N3O4/c1-9-46-31-19-28(29(39)20-30(31)40)22-42-15-12-25-18-26(10-11-27(25)21-42)32-23(2)41-24(3)33(35(36(44)45)47-37(4,5)6)34(32)43-16-13-38(7,8)14-17-43/h10-11,18-20,35H,9,12-17,21-22H2,1-8H3,(H,44,45)/t35-/m0/s1. The van der Waals surface area contributed by atoms with Crippen LogP contribution in [0.5, 0.6) is 5.75 Å². The molecule has 2 aromatic carbocycles. The van der Waals surface area contributed by atoms with E-state index in [4.69, 9.17) is 14.5 Å². The van der Waals surface area contributed by atoms with Crippen molar-refractivity contribution in [2.45, 2.75) is 99.4 Å². The molecule has 47 heavy (non-hydrogen) atoms. The Bertz CT molecular complexity index is 1640. The number of halogens is 2. The van der Waals surface area contributed by atoms with Gasteiger partial charge in [0.05, 0.1) is 17.9 Å². The van der Waals surface area contributed by atoms with Crippen molar-refractivity contribution in [2.24, 2.45) is 5.41 Å². The van der Waals surface area contributed by atoms with Crippen LogP contribution in [0.15, 0.2) is 30.3 Å². The minimum Gasteiger partial charge on any atom is -0.491 e. The van der Waals surface area contributed by atoms with Crippen LogP contribution >= 0.6 is 0 Å². The highest BCUT2D eigenvalue weighted by Crippen LogP contribution is 2.45. The first-order valence-electron chi connectivity index (χ1n) is 16.7. The van der Waals surface area contributed by atoms with E-state index in [1.54, 1.807) is 6.92 Å². The quantitative estimate of drug-likeness (QED) is 0.251. The van der Waals surface area contributed by atoms with Gasteiger partial charge in [-0.15, -0.1) is 0 Å². The van der Waals surface area contributed by atoms with Crippen molar-refractivity contribution >= 4 is 11.7 Å². The Balaban J connectivity index is 1.53. The molecule has 2 aliphatic rings. The molecule has 0 amide bonds. The molecule has 5 rings (SSSR count). The van der Waals surface area contributed by atoms with Gasteiger partial charge in [-0.3, -0.25) is 9.88 Å². The van der Waals surface area contributed by atoms with E-state index in [1.165, 1.54) is 11.6 Å². The van der Waals surface area contributed by atoms with Crippen molar-refractivity contribution in [2.75, 3.05) is 31.1 Å². The summed E-state index contributed by atoms with van der Waals surface area (Å²) in [5, 5.41) is 10.5. The zero-order chi connectivity index (χ0) is 34.3. The maximum Gasteiger partial charge on any atom is 0.337 e. The Morgan fingerprint density at radius 2 is 1.72 bits per heavy atom. The Hall–Kier alpha value is -3.56. The van der Waals surface area contributed by atoms with Crippen LogP contribution in [0.3, 0.4) is 0 Å². The maximum absolute atomic E-state index is 14.7. The second-order valence-corrected chi connectivity index (χ2v) is 14.8. The van der Waals surface area contributed by atoms with Crippen molar-refractivity contribution in [3.63, 3.8) is 0 Å². The van der Waals surface area contributed by atoms with Gasteiger partial charge in [0.25, 0.3) is 0 Å². The predicted octanol–water partition coefficient (Wildman–Crippen LogP) is 8.17. The van der Waals surface area contributed by atoms with Crippen LogP contribution in [0, 0.1) is 30.9 Å². The van der Waals surface area contributed by atoms with Crippen LogP contribution in [0.1, 0.15) is 94.1 Å². The summed E-state index contributed by atoms with van der Waals surface area (Å²) in [6, 6.07) is 8.79. The zero-order valence-corrected chi connectivity index (χ0v) is 29.1. The van der Waals surface area contributed by atoms with Crippen LogP contribution in [-0.2, 0) is 29.0 Å². The maximum atomic E-state index is 14.7. The second-order valence-electron chi connectivity index (χ2n) is 14.8. The molecular weight excluding hydrogens is 600 g/mol. The van der Waals surface area contributed by atoms with Crippen molar-refractivity contribution in [3.05, 3.63) is 75.6 Å². The lowest BCUT2D eigenvalue weighted by atomic mass is 9.81. The molecule has 2 aliphatic heterocycles. The molecule has 1 atom stereocenters. The van der Waals surface area contributed by atoms with Crippen LogP contribution in [0.4, 0.5) is 14.5 Å². The van der Waals surface area contributed by atoms with Crippen LogP contribution in [0.25, 0.3) is 11.1 Å². The average molecular weight is 650 g/mol. The number of aromatic nitrogens is 1. The number of aryl methyl sites for hydroxylation is 2. The molecule has 254 valence electrons. The SMILES string of the molecule is CCOc1cc(CN2CCc3cc(-c4c(C)nc(C)c([C@H](OC(C)(C)C)C(=O)O)c4N4CCC(C)(C)CC4)ccc3C2)c(F)cc1F. The average Bonchev–Trinajstić information content (AvgIpc) is 2.98. The van der Waals surface area contributed by atoms with Crippen molar-refractivity contribution in [1.29, 1.82) is 0 Å². The third kappa shape index (κ3) is 7.78. The van der Waals surface area contributed by atoms with E-state index < -0.39 is 29.3 Å². The molecule has 0 saturated carbocycles. The summed E-state index contributed by atoms with van der Waals surface area (Å²) < 4.78 is 40.5. The van der Waals surface area contributed by atoms with E-state index in [0.29, 0.717) is 43.1 Å². The highest BCUT2D eigenvalue weighted by atomic mass is 19.1. The van der Waals surface area contributed by atoms with Crippen molar-refractivity contribution < 1.29 is 28.2 Å². The van der Waals surface area contributed by atoms with Gasteiger partial charge >= 0.3 is 5.97 Å². The molecule has 0 aliphatic carbocycles. The molecule has 0 radical (unpaired) electrons.